The van der Waals surface area contributed by atoms with Crippen molar-refractivity contribution in [1.29, 1.82) is 0 Å². The third-order valence-electron chi connectivity index (χ3n) is 8.98. The van der Waals surface area contributed by atoms with Crippen molar-refractivity contribution in [2.24, 2.45) is 5.92 Å². The maximum Gasteiger partial charge on any atom is 0.289 e. The highest BCUT2D eigenvalue weighted by molar-refractivity contribution is 5.93. The second-order valence-electron chi connectivity index (χ2n) is 13.5. The van der Waals surface area contributed by atoms with Gasteiger partial charge in [-0.25, -0.2) is 4.68 Å². The Bertz CT molecular complexity index is 2010. The molecule has 5 aromatic rings. The van der Waals surface area contributed by atoms with Crippen LogP contribution in [0.3, 0.4) is 0 Å². The Morgan fingerprint density at radius 1 is 0.944 bits per heavy atom. The average molecular weight is 736 g/mol. The highest BCUT2D eigenvalue weighted by atomic mass is 16.5. The van der Waals surface area contributed by atoms with Crippen LogP contribution in [0.25, 0.3) is 0 Å². The molecule has 3 aromatic heterocycles. The Kier molecular flexibility index (Phi) is 12.5. The summed E-state index contributed by atoms with van der Waals surface area (Å²) >= 11 is 0. The lowest BCUT2D eigenvalue weighted by molar-refractivity contribution is -0.132. The molecular formula is C39H45N9O6. The summed E-state index contributed by atoms with van der Waals surface area (Å²) in [4.78, 5) is 56.2. The van der Waals surface area contributed by atoms with Crippen LogP contribution in [-0.2, 0) is 46.7 Å². The minimum Gasteiger partial charge on any atom is -0.492 e. The Labute approximate surface area is 313 Å². The molecule has 15 nitrogen and oxygen atoms in total. The number of carbonyl (C=O) groups excluding carboxylic acids is 4. The van der Waals surface area contributed by atoms with Gasteiger partial charge in [-0.3, -0.25) is 23.9 Å². The molecule has 0 radical (unpaired) electrons. The predicted molar refractivity (Wildman–Crippen MR) is 197 cm³/mol. The van der Waals surface area contributed by atoms with Gasteiger partial charge in [0.05, 0.1) is 25.2 Å². The molecule has 15 heteroatoms. The van der Waals surface area contributed by atoms with Gasteiger partial charge >= 0.3 is 0 Å². The first kappa shape index (κ1) is 37.5. The van der Waals surface area contributed by atoms with Crippen LogP contribution in [0.1, 0.15) is 47.0 Å². The number of amides is 4. The van der Waals surface area contributed by atoms with Crippen LogP contribution in [0.2, 0.25) is 0 Å². The smallest absolute Gasteiger partial charge is 0.289 e. The molecule has 0 saturated heterocycles. The molecule has 4 amide bonds. The van der Waals surface area contributed by atoms with Crippen molar-refractivity contribution < 1.29 is 28.3 Å². The van der Waals surface area contributed by atoms with Crippen LogP contribution in [-0.4, -0.2) is 91.6 Å². The van der Waals surface area contributed by atoms with Gasteiger partial charge in [0.1, 0.15) is 30.2 Å². The minimum atomic E-state index is -0.956. The van der Waals surface area contributed by atoms with E-state index in [9.17, 15) is 19.2 Å². The first-order valence-electron chi connectivity index (χ1n) is 18.1. The molecule has 2 aromatic carbocycles. The van der Waals surface area contributed by atoms with E-state index < -0.39 is 23.9 Å². The molecule has 282 valence electrons. The molecule has 1 aliphatic heterocycles. The van der Waals surface area contributed by atoms with Crippen molar-refractivity contribution >= 4 is 23.6 Å². The number of furan rings is 1. The van der Waals surface area contributed by atoms with E-state index in [-0.39, 0.29) is 56.0 Å². The van der Waals surface area contributed by atoms with E-state index in [0.29, 0.717) is 43.3 Å². The highest BCUT2D eigenvalue weighted by Crippen LogP contribution is 2.16. The van der Waals surface area contributed by atoms with Gasteiger partial charge in [0.25, 0.3) is 5.91 Å². The van der Waals surface area contributed by atoms with E-state index in [1.807, 2.05) is 62.4 Å². The van der Waals surface area contributed by atoms with Crippen LogP contribution in [0, 0.1) is 5.92 Å². The molecular weight excluding hydrogens is 690 g/mol. The fourth-order valence-corrected chi connectivity index (χ4v) is 6.12. The summed E-state index contributed by atoms with van der Waals surface area (Å²) in [6.07, 6.45) is 5.93. The molecule has 6 rings (SSSR count). The van der Waals surface area contributed by atoms with E-state index >= 15 is 0 Å². The number of aromatic nitrogens is 5. The van der Waals surface area contributed by atoms with E-state index in [1.54, 1.807) is 57.1 Å². The summed E-state index contributed by atoms with van der Waals surface area (Å²) in [7, 11) is 0. The number of carbonyl (C=O) groups is 4. The van der Waals surface area contributed by atoms with Gasteiger partial charge in [-0.15, -0.1) is 5.10 Å². The quantitative estimate of drug-likeness (QED) is 0.236. The van der Waals surface area contributed by atoms with Crippen LogP contribution >= 0.6 is 0 Å². The van der Waals surface area contributed by atoms with E-state index in [4.69, 9.17) is 9.15 Å². The molecule has 0 fully saturated rings. The predicted octanol–water partition coefficient (Wildman–Crippen LogP) is 2.42. The number of nitrogens with zero attached hydrogens (tertiary/aromatic N) is 6. The molecule has 0 aliphatic carbocycles. The molecule has 54 heavy (non-hydrogen) atoms. The zero-order valence-corrected chi connectivity index (χ0v) is 30.4. The third-order valence-corrected chi connectivity index (χ3v) is 8.98. The number of rotatable bonds is 6. The van der Waals surface area contributed by atoms with Gasteiger partial charge < -0.3 is 30.0 Å². The van der Waals surface area contributed by atoms with Gasteiger partial charge in [0.15, 0.2) is 5.76 Å². The van der Waals surface area contributed by atoms with E-state index in [1.165, 1.54) is 0 Å². The molecule has 4 heterocycles. The monoisotopic (exact) mass is 735 g/mol. The summed E-state index contributed by atoms with van der Waals surface area (Å²) < 4.78 is 15.3. The second kappa shape index (κ2) is 18.0. The Balaban J connectivity index is 1.23. The highest BCUT2D eigenvalue weighted by Gasteiger charge is 2.29. The third kappa shape index (κ3) is 10.4. The van der Waals surface area contributed by atoms with Crippen molar-refractivity contribution in [3.05, 3.63) is 120 Å². The summed E-state index contributed by atoms with van der Waals surface area (Å²) in [6, 6.07) is 19.9. The maximum atomic E-state index is 13.8. The molecule has 2 atom stereocenters. The van der Waals surface area contributed by atoms with Crippen LogP contribution < -0.4 is 20.7 Å². The van der Waals surface area contributed by atoms with Crippen molar-refractivity contribution in [2.75, 3.05) is 26.2 Å². The molecule has 0 spiro atoms. The van der Waals surface area contributed by atoms with Crippen molar-refractivity contribution in [3.63, 3.8) is 0 Å². The number of ether oxygens (including phenoxy) is 1. The summed E-state index contributed by atoms with van der Waals surface area (Å²) in [5.41, 5.74) is 2.24. The van der Waals surface area contributed by atoms with E-state index in [2.05, 4.69) is 31.4 Å². The standard InChI is InChI=1S/C39H45N9O6/c1-27(2)36-38(51)42-33(23-28-8-4-3-5-9-28)37(50)40-16-19-46(39(52)34-13-12-32(54-34)26-47-17-7-15-41-47)18-14-30-25-48(45-44-30)20-21-53-31-11-6-10-29(22-31)24-35(49)43-36/h3-13,15,17,22,25,27,33,36H,14,16,18-21,23-24,26H2,1-2H3,(H,40,50)(H,42,51)(H,43,49)/t33-,36+/m0/s1. The van der Waals surface area contributed by atoms with Crippen molar-refractivity contribution in [1.82, 2.24) is 45.6 Å². The van der Waals surface area contributed by atoms with E-state index in [0.717, 1.165) is 11.1 Å². The summed E-state index contributed by atoms with van der Waals surface area (Å²) in [5.74, 6) is -0.546. The topological polar surface area (TPSA) is 179 Å². The molecule has 0 unspecified atom stereocenters. The first-order chi connectivity index (χ1) is 26.2. The fraction of sp³-hybridized carbons (Fsp3) is 0.359. The number of hydrogen-bond donors (Lipinski definition) is 3. The minimum absolute atomic E-state index is 0.0347. The normalized spacial score (nSPS) is 18.0. The van der Waals surface area contributed by atoms with Crippen molar-refractivity contribution in [3.8, 4) is 5.75 Å². The van der Waals surface area contributed by atoms with Crippen LogP contribution in [0.5, 0.6) is 5.75 Å². The maximum absolute atomic E-state index is 13.8. The summed E-state index contributed by atoms with van der Waals surface area (Å²) in [6.45, 7) is 5.28. The zero-order valence-electron chi connectivity index (χ0n) is 30.4. The number of fused-ring (bicyclic) bond motifs is 4. The van der Waals surface area contributed by atoms with Gasteiger partial charge in [-0.2, -0.15) is 5.10 Å². The lowest BCUT2D eigenvalue weighted by atomic mass is 10.0. The first-order valence-corrected chi connectivity index (χ1v) is 18.1. The van der Waals surface area contributed by atoms with Gasteiger partial charge in [-0.05, 0) is 47.4 Å². The lowest BCUT2D eigenvalue weighted by Crippen LogP contribution is -2.56. The zero-order chi connectivity index (χ0) is 37.9. The Hall–Kier alpha value is -6.25. The fourth-order valence-electron chi connectivity index (χ4n) is 6.12. The second-order valence-corrected chi connectivity index (χ2v) is 13.5. The Morgan fingerprint density at radius 3 is 2.59 bits per heavy atom. The number of hydrogen-bond acceptors (Lipinski definition) is 9. The number of nitrogens with one attached hydrogen (secondary N) is 3. The molecule has 0 saturated carbocycles. The average Bonchev–Trinajstić information content (AvgIpc) is 3.95. The molecule has 1 aliphatic rings. The van der Waals surface area contributed by atoms with Gasteiger partial charge in [0, 0.05) is 51.1 Å². The summed E-state index contributed by atoms with van der Waals surface area (Å²) in [5, 5.41) is 21.4. The lowest BCUT2D eigenvalue weighted by Gasteiger charge is -2.26. The SMILES string of the molecule is CC(C)[C@H]1NC(=O)Cc2cccc(c2)OCCn2cc(nn2)CCN(C(=O)c2ccc(Cn3cccn3)o2)CCNC(=O)[C@H](Cc2ccccc2)NC1=O. The molecule has 4 bridgehead atoms. The van der Waals surface area contributed by atoms with Crippen LogP contribution in [0.15, 0.2) is 95.8 Å². The van der Waals surface area contributed by atoms with Gasteiger partial charge in [-0.1, -0.05) is 61.5 Å². The Morgan fingerprint density at radius 2 is 1.80 bits per heavy atom. The van der Waals surface area contributed by atoms with Crippen LogP contribution in [0.4, 0.5) is 0 Å². The molecule has 3 N–H and O–H groups in total. The van der Waals surface area contributed by atoms with Crippen molar-refractivity contribution in [2.45, 2.75) is 58.3 Å². The number of benzene rings is 2. The largest absolute Gasteiger partial charge is 0.492 e. The van der Waals surface area contributed by atoms with Gasteiger partial charge in [0.2, 0.25) is 17.7 Å².